The maximum atomic E-state index is 11.0. The van der Waals surface area contributed by atoms with Gasteiger partial charge in [-0.05, 0) is 38.1 Å². The normalized spacial score (nSPS) is 8.93. The second kappa shape index (κ2) is 23.0. The number of halogens is 1. The molecule has 7 nitrogen and oxygen atoms in total. The van der Waals surface area contributed by atoms with Crippen LogP contribution in [-0.4, -0.2) is 37.9 Å². The smallest absolute Gasteiger partial charge is 0.338 e. The van der Waals surface area contributed by atoms with Crippen molar-refractivity contribution in [3.63, 3.8) is 0 Å². The van der Waals surface area contributed by atoms with Gasteiger partial charge in [0.25, 0.3) is 0 Å². The van der Waals surface area contributed by atoms with E-state index in [2.05, 4.69) is 34.7 Å². The summed E-state index contributed by atoms with van der Waals surface area (Å²) in [4.78, 5) is 40.4. The van der Waals surface area contributed by atoms with E-state index in [4.69, 9.17) is 21.8 Å². The van der Waals surface area contributed by atoms with Gasteiger partial charge in [-0.1, -0.05) is 30.3 Å². The Labute approximate surface area is 302 Å². The number of Topliss-reactive ketones (excluding diaryl/α,β-unsaturated/α-hetero) is 1. The van der Waals surface area contributed by atoms with Crippen molar-refractivity contribution in [3.8, 4) is 0 Å². The monoisotopic (exact) mass is 1060 g/mol. The fourth-order valence-corrected chi connectivity index (χ4v) is 3.68. The van der Waals surface area contributed by atoms with Crippen molar-refractivity contribution in [3.05, 3.63) is 113 Å². The Morgan fingerprint density at radius 3 is 1.73 bits per heavy atom. The zero-order valence-electron chi connectivity index (χ0n) is 22.7. The first kappa shape index (κ1) is 41.6. The Kier molecular flexibility index (Phi) is 23.3. The molecule has 0 saturated heterocycles. The number of carboxylic acid groups (broad SMARTS) is 2. The van der Waals surface area contributed by atoms with Crippen molar-refractivity contribution >= 4 is 53.7 Å². The molecule has 212 valence electrons. The van der Waals surface area contributed by atoms with Gasteiger partial charge in [0.2, 0.25) is 0 Å². The molecular weight excluding hydrogens is 1030 g/mol. The standard InChI is InChI=1S/C13H10NO2S.C7H7S.C6H4ClNO2.C3H6O.2U/c1-9-5-2-3-7-11(9)17-12-10(13(15)16)6-4-8-14-12;1-6-4-2-3-5-7(6)8;7-5-4(6(9)10)2-1-3-8-5;1-3(2)4;;/h2,4-8H,1H3,(H,15,16);2,4-5,8H,1H3;1-3H,(H,9,10);1-2H3;;/q2*-1;;;;. The fourth-order valence-electron chi connectivity index (χ4n) is 2.39. The number of hydrogen-bond donors (Lipinski definition) is 3. The number of carboxylic acids is 2. The molecule has 0 aliphatic rings. The second-order valence-corrected chi connectivity index (χ2v) is 9.59. The minimum atomic E-state index is -1.06. The predicted octanol–water partition coefficient (Wildman–Crippen LogP) is 7.15. The van der Waals surface area contributed by atoms with Gasteiger partial charge in [-0.3, -0.25) is 0 Å². The van der Waals surface area contributed by atoms with Crippen LogP contribution >= 0.6 is 36.0 Å². The summed E-state index contributed by atoms with van der Waals surface area (Å²) in [6.07, 6.45) is 3.03. The molecule has 4 aromatic rings. The number of aryl methyl sites for hydroxylation is 2. The van der Waals surface area contributed by atoms with E-state index < -0.39 is 11.9 Å². The van der Waals surface area contributed by atoms with Gasteiger partial charge in [0.1, 0.15) is 16.0 Å². The molecular formula is C29H27ClN2O5S2U2-2. The van der Waals surface area contributed by atoms with E-state index in [1.807, 2.05) is 50.2 Å². The van der Waals surface area contributed by atoms with Crippen molar-refractivity contribution in [2.45, 2.75) is 42.5 Å². The number of rotatable bonds is 4. The second-order valence-electron chi connectivity index (χ2n) is 7.72. The molecule has 0 amide bonds. The number of hydrogen-bond acceptors (Lipinski definition) is 7. The molecule has 0 unspecified atom stereocenters. The first-order valence-electron chi connectivity index (χ1n) is 11.2. The number of carbonyl (C=O) groups excluding carboxylic acids is 1. The first-order valence-corrected chi connectivity index (χ1v) is 12.9. The third-order valence-electron chi connectivity index (χ3n) is 4.28. The van der Waals surface area contributed by atoms with Crippen molar-refractivity contribution in [2.75, 3.05) is 0 Å². The third-order valence-corrected chi connectivity index (χ3v) is 6.25. The summed E-state index contributed by atoms with van der Waals surface area (Å²) in [5, 5.41) is 18.0. The molecule has 4 rings (SSSR count). The summed E-state index contributed by atoms with van der Waals surface area (Å²) in [5.74, 6) is -1.85. The van der Waals surface area contributed by atoms with E-state index in [1.54, 1.807) is 18.3 Å². The molecule has 0 bridgehead atoms. The fraction of sp³-hybridized carbons (Fsp3) is 0.138. The molecule has 0 fully saturated rings. The van der Waals surface area contributed by atoms with Gasteiger partial charge in [-0.25, -0.2) is 32.2 Å². The number of aromatic nitrogens is 2. The van der Waals surface area contributed by atoms with Gasteiger partial charge in [-0.2, -0.15) is 48.5 Å². The van der Waals surface area contributed by atoms with Crippen molar-refractivity contribution in [1.82, 2.24) is 9.97 Å². The quantitative estimate of drug-likeness (QED) is 0.112. The first-order chi connectivity index (χ1) is 18.4. The Bertz CT molecular complexity index is 1390. The molecule has 2 aromatic carbocycles. The van der Waals surface area contributed by atoms with E-state index in [0.29, 0.717) is 5.03 Å². The molecule has 2 aromatic heterocycles. The summed E-state index contributed by atoms with van der Waals surface area (Å²) in [6.45, 7) is 7.05. The van der Waals surface area contributed by atoms with Gasteiger partial charge in [0.05, 0.1) is 11.1 Å². The number of thiol groups is 1. The zero-order valence-corrected chi connectivity index (χ0v) is 33.5. The Balaban J connectivity index is 0. The largest absolute Gasteiger partial charge is 0.478 e. The predicted molar refractivity (Wildman–Crippen MR) is 155 cm³/mol. The minimum absolute atomic E-state index is 0. The molecule has 0 spiro atoms. The zero-order chi connectivity index (χ0) is 29.4. The number of aromatic carboxylic acids is 2. The van der Waals surface area contributed by atoms with Gasteiger partial charge in [0, 0.05) is 74.6 Å². The third kappa shape index (κ3) is 17.2. The van der Waals surface area contributed by atoms with Crippen LogP contribution in [0, 0.1) is 88.2 Å². The van der Waals surface area contributed by atoms with E-state index in [9.17, 15) is 14.4 Å². The topological polar surface area (TPSA) is 117 Å². The minimum Gasteiger partial charge on any atom is -0.478 e. The van der Waals surface area contributed by atoms with Crippen LogP contribution in [0.4, 0.5) is 0 Å². The molecule has 0 atom stereocenters. The van der Waals surface area contributed by atoms with Crippen LogP contribution in [-0.2, 0) is 4.79 Å². The average Bonchev–Trinajstić information content (AvgIpc) is 2.88. The van der Waals surface area contributed by atoms with Crippen molar-refractivity contribution in [1.29, 1.82) is 0 Å². The average molecular weight is 1060 g/mol. The van der Waals surface area contributed by atoms with Crippen LogP contribution in [0.25, 0.3) is 0 Å². The maximum absolute atomic E-state index is 11.0. The summed E-state index contributed by atoms with van der Waals surface area (Å²) < 4.78 is 0. The number of benzene rings is 2. The number of nitrogens with zero attached hydrogens (tertiary/aromatic N) is 2. The summed E-state index contributed by atoms with van der Waals surface area (Å²) in [6, 6.07) is 23.3. The molecule has 0 aliphatic carbocycles. The molecule has 0 saturated carbocycles. The van der Waals surface area contributed by atoms with Crippen LogP contribution in [0.5, 0.6) is 0 Å². The van der Waals surface area contributed by atoms with Crippen LogP contribution in [0.15, 0.2) is 87.9 Å². The van der Waals surface area contributed by atoms with Gasteiger partial charge < -0.3 is 15.0 Å². The van der Waals surface area contributed by atoms with Crippen LogP contribution in [0.3, 0.4) is 0 Å². The molecule has 0 radical (unpaired) electrons. The van der Waals surface area contributed by atoms with Crippen molar-refractivity contribution < 1.29 is 86.8 Å². The summed E-state index contributed by atoms with van der Waals surface area (Å²) in [5.41, 5.74) is 2.53. The maximum Gasteiger partial charge on any atom is 0.338 e. The number of carbonyl (C=O) groups is 3. The number of pyridine rings is 2. The summed E-state index contributed by atoms with van der Waals surface area (Å²) >= 11 is 10.9. The van der Waals surface area contributed by atoms with Gasteiger partial charge >= 0.3 is 11.9 Å². The molecule has 2 heterocycles. The number of ketones is 1. The SMILES string of the molecule is CC(C)=O.Cc1cc[c-]cc1S.Cc1cc[c-]cc1Sc1ncccc1C(=O)O.O=C(O)c1cccnc1Cl.[U].[U]. The van der Waals surface area contributed by atoms with Gasteiger partial charge in [-0.15, -0.1) is 27.8 Å². The molecule has 12 heteroatoms. The van der Waals surface area contributed by atoms with E-state index in [-0.39, 0.29) is 84.3 Å². The van der Waals surface area contributed by atoms with E-state index in [1.165, 1.54) is 49.5 Å². The van der Waals surface area contributed by atoms with Crippen LogP contribution in [0.1, 0.15) is 45.7 Å². The summed E-state index contributed by atoms with van der Waals surface area (Å²) in [7, 11) is 0. The molecule has 0 aliphatic heterocycles. The van der Waals surface area contributed by atoms with Gasteiger partial charge in [0.15, 0.2) is 0 Å². The Morgan fingerprint density at radius 1 is 0.829 bits per heavy atom. The molecule has 2 N–H and O–H groups in total. The van der Waals surface area contributed by atoms with Crippen molar-refractivity contribution in [2.24, 2.45) is 0 Å². The van der Waals surface area contributed by atoms with E-state index in [0.717, 1.165) is 15.4 Å². The molecule has 41 heavy (non-hydrogen) atoms. The Morgan fingerprint density at radius 2 is 1.32 bits per heavy atom. The Hall–Kier alpha value is -1.56. The van der Waals surface area contributed by atoms with E-state index >= 15 is 0 Å². The van der Waals surface area contributed by atoms with Crippen LogP contribution in [0.2, 0.25) is 5.15 Å². The van der Waals surface area contributed by atoms with Crippen LogP contribution < -0.4 is 0 Å².